The van der Waals surface area contributed by atoms with Gasteiger partial charge in [0.15, 0.2) is 6.29 Å². The van der Waals surface area contributed by atoms with Crippen molar-refractivity contribution >= 4 is 49.0 Å². The number of amides is 1. The van der Waals surface area contributed by atoms with Gasteiger partial charge in [-0.15, -0.1) is 20.3 Å². The van der Waals surface area contributed by atoms with Gasteiger partial charge in [-0.05, 0) is 7.47 Å². The van der Waals surface area contributed by atoms with E-state index in [0.29, 0.717) is 13.2 Å². The fraction of sp³-hybridized carbons (Fsp3) is 0.800. The molecule has 0 aliphatic carbocycles. The highest BCUT2D eigenvalue weighted by Gasteiger charge is 2.28. The molecule has 0 bridgehead atoms. The Kier molecular flexibility index (Phi) is 13.2. The molecular weight excluding hydrogens is 353 g/mol. The first-order chi connectivity index (χ1) is 10.0. The molecular formula is C10H23N2O5P3S. The highest BCUT2D eigenvalue weighted by molar-refractivity contribution is 8.64. The van der Waals surface area contributed by atoms with Crippen molar-refractivity contribution in [2.75, 3.05) is 27.1 Å². The number of carbonyl (C=O) groups is 2. The van der Waals surface area contributed by atoms with Gasteiger partial charge < -0.3 is 19.5 Å². The minimum absolute atomic E-state index is 0.174. The van der Waals surface area contributed by atoms with E-state index in [9.17, 15) is 9.59 Å². The van der Waals surface area contributed by atoms with E-state index in [4.69, 9.17) is 14.2 Å². The third kappa shape index (κ3) is 8.61. The van der Waals surface area contributed by atoms with Gasteiger partial charge in [-0.25, -0.2) is 4.79 Å². The van der Waals surface area contributed by atoms with E-state index in [1.165, 1.54) is 21.3 Å². The Morgan fingerprint density at radius 3 is 2.29 bits per heavy atom. The third-order valence-corrected chi connectivity index (χ3v) is 6.18. The minimum Gasteiger partial charge on any atom is -0.467 e. The second-order valence-electron chi connectivity index (χ2n) is 3.87. The first-order valence-electron chi connectivity index (χ1n) is 6.01. The molecule has 11 heteroatoms. The number of nitrogens with one attached hydrogen (secondary N) is 2. The molecule has 5 atom stereocenters. The number of hydrogen-bond donors (Lipinski definition) is 2. The smallest absolute Gasteiger partial charge is 0.328 e. The Hall–Kier alpha value is 0.460. The standard InChI is InChI=1S/C10H23N2O5P3S/c1-15-8(16-2)4-6(10(14)17-3)11-9(13)7(12-18)5-21-20-19/h6-8,12,20H,4-5,18-19H2,1-3H3,(H,11,13)/t6-,7?/m0/s1. The molecule has 2 N–H and O–H groups in total. The van der Waals surface area contributed by atoms with E-state index in [1.54, 1.807) is 11.4 Å². The Bertz CT molecular complexity index is 323. The van der Waals surface area contributed by atoms with E-state index >= 15 is 0 Å². The average Bonchev–Trinajstić information content (AvgIpc) is 2.51. The molecule has 0 rings (SSSR count). The van der Waals surface area contributed by atoms with Crippen LogP contribution >= 0.6 is 37.2 Å². The van der Waals surface area contributed by atoms with Crippen molar-refractivity contribution in [3.8, 4) is 0 Å². The van der Waals surface area contributed by atoms with Crippen molar-refractivity contribution < 1.29 is 23.8 Å². The van der Waals surface area contributed by atoms with Gasteiger partial charge in [-0.2, -0.15) is 0 Å². The van der Waals surface area contributed by atoms with Crippen molar-refractivity contribution in [3.63, 3.8) is 0 Å². The zero-order chi connectivity index (χ0) is 16.3. The molecule has 0 spiro atoms. The molecule has 4 unspecified atom stereocenters. The second-order valence-corrected chi connectivity index (χ2v) is 8.75. The molecule has 0 aromatic rings. The number of esters is 1. The van der Waals surface area contributed by atoms with Crippen LogP contribution in [0, 0.1) is 0 Å². The van der Waals surface area contributed by atoms with Crippen LogP contribution < -0.4 is 10.4 Å². The van der Waals surface area contributed by atoms with Crippen molar-refractivity contribution in [3.05, 3.63) is 0 Å². The van der Waals surface area contributed by atoms with E-state index in [1.807, 2.05) is 0 Å². The largest absolute Gasteiger partial charge is 0.467 e. The summed E-state index contributed by atoms with van der Waals surface area (Å²) in [5, 5.41) is 5.50. The van der Waals surface area contributed by atoms with Crippen LogP contribution in [0.15, 0.2) is 0 Å². The maximum absolute atomic E-state index is 12.2. The lowest BCUT2D eigenvalue weighted by Crippen LogP contribution is -2.50. The van der Waals surface area contributed by atoms with E-state index in [2.05, 4.69) is 28.7 Å². The van der Waals surface area contributed by atoms with Gasteiger partial charge in [-0.1, -0.05) is 9.39 Å². The lowest BCUT2D eigenvalue weighted by Gasteiger charge is -2.23. The average molecular weight is 376 g/mol. The Labute approximate surface area is 135 Å². The summed E-state index contributed by atoms with van der Waals surface area (Å²) in [6.07, 6.45) is -0.423. The van der Waals surface area contributed by atoms with Gasteiger partial charge in [-0.3, -0.25) is 9.88 Å². The molecule has 0 aliphatic heterocycles. The van der Waals surface area contributed by atoms with Gasteiger partial charge >= 0.3 is 5.97 Å². The SMILES string of the molecule is COC(=O)[C@H](CC(OC)OC)NC(=O)C(CSPP)NP. The van der Waals surface area contributed by atoms with Crippen LogP contribution in [-0.2, 0) is 23.8 Å². The molecule has 0 aromatic carbocycles. The fourth-order valence-electron chi connectivity index (χ4n) is 1.44. The molecule has 0 aromatic heterocycles. The van der Waals surface area contributed by atoms with Crippen LogP contribution in [0.4, 0.5) is 0 Å². The Morgan fingerprint density at radius 2 is 1.86 bits per heavy atom. The summed E-state index contributed by atoms with van der Waals surface area (Å²) in [6.45, 7) is 0. The highest BCUT2D eigenvalue weighted by Crippen LogP contribution is 2.36. The molecule has 7 nitrogen and oxygen atoms in total. The number of rotatable bonds is 11. The number of hydrogen-bond acceptors (Lipinski definition) is 7. The molecule has 0 aliphatic rings. The fourth-order valence-corrected chi connectivity index (χ4v) is 4.05. The zero-order valence-electron chi connectivity index (χ0n) is 12.3. The molecule has 124 valence electrons. The predicted octanol–water partition coefficient (Wildman–Crippen LogP) is 0.518. The first-order valence-corrected chi connectivity index (χ1v) is 11.1. The Morgan fingerprint density at radius 1 is 1.24 bits per heavy atom. The van der Waals surface area contributed by atoms with Crippen molar-refractivity contribution in [1.29, 1.82) is 0 Å². The molecule has 0 radical (unpaired) electrons. The monoisotopic (exact) mass is 376 g/mol. The van der Waals surface area contributed by atoms with Gasteiger partial charge in [0, 0.05) is 26.4 Å². The van der Waals surface area contributed by atoms with Crippen LogP contribution in [-0.4, -0.2) is 57.3 Å². The summed E-state index contributed by atoms with van der Waals surface area (Å²) in [5.74, 6) is -0.212. The van der Waals surface area contributed by atoms with Crippen LogP contribution in [0.25, 0.3) is 0 Å². The number of ether oxygens (including phenoxy) is 3. The summed E-state index contributed by atoms with van der Waals surface area (Å²) < 4.78 is 14.8. The molecule has 0 heterocycles. The molecule has 21 heavy (non-hydrogen) atoms. The lowest BCUT2D eigenvalue weighted by atomic mass is 10.2. The van der Waals surface area contributed by atoms with Gasteiger partial charge in [0.25, 0.3) is 0 Å². The van der Waals surface area contributed by atoms with Crippen molar-refractivity contribution in [1.82, 2.24) is 10.4 Å². The Balaban J connectivity index is 4.70. The third-order valence-electron chi connectivity index (χ3n) is 2.61. The van der Waals surface area contributed by atoms with Crippen LogP contribution in [0.2, 0.25) is 0 Å². The lowest BCUT2D eigenvalue weighted by molar-refractivity contribution is -0.152. The van der Waals surface area contributed by atoms with E-state index in [-0.39, 0.29) is 12.3 Å². The highest BCUT2D eigenvalue weighted by atomic mass is 32.9. The van der Waals surface area contributed by atoms with Gasteiger partial charge in [0.1, 0.15) is 6.04 Å². The van der Waals surface area contributed by atoms with Gasteiger partial charge in [0.05, 0.1) is 13.2 Å². The van der Waals surface area contributed by atoms with Crippen LogP contribution in [0.5, 0.6) is 0 Å². The topological polar surface area (TPSA) is 85.9 Å². The molecule has 0 saturated heterocycles. The maximum atomic E-state index is 12.2. The molecule has 0 fully saturated rings. The maximum Gasteiger partial charge on any atom is 0.328 e. The van der Waals surface area contributed by atoms with Crippen LogP contribution in [0.3, 0.4) is 0 Å². The molecule has 1 amide bonds. The summed E-state index contributed by atoms with van der Waals surface area (Å²) in [5.41, 5.74) is 0. The summed E-state index contributed by atoms with van der Waals surface area (Å²) in [7, 11) is 9.73. The summed E-state index contributed by atoms with van der Waals surface area (Å²) >= 11 is 1.62. The summed E-state index contributed by atoms with van der Waals surface area (Å²) in [6, 6.07) is -1.24. The van der Waals surface area contributed by atoms with E-state index < -0.39 is 24.3 Å². The normalized spacial score (nSPS) is 14.4. The van der Waals surface area contributed by atoms with Crippen molar-refractivity contribution in [2.24, 2.45) is 0 Å². The van der Waals surface area contributed by atoms with Gasteiger partial charge in [0.2, 0.25) is 5.91 Å². The predicted molar refractivity (Wildman–Crippen MR) is 93.5 cm³/mol. The van der Waals surface area contributed by atoms with Crippen molar-refractivity contribution in [2.45, 2.75) is 24.8 Å². The number of carbonyl (C=O) groups excluding carboxylic acids is 2. The van der Waals surface area contributed by atoms with Crippen LogP contribution in [0.1, 0.15) is 6.42 Å². The minimum atomic E-state index is -0.822. The second kappa shape index (κ2) is 13.0. The number of methoxy groups -OCH3 is 3. The molecule has 0 saturated carbocycles. The zero-order valence-corrected chi connectivity index (χ0v) is 16.4. The van der Waals surface area contributed by atoms with E-state index in [0.717, 1.165) is 0 Å². The quantitative estimate of drug-likeness (QED) is 0.309. The first kappa shape index (κ1) is 21.5. The summed E-state index contributed by atoms with van der Waals surface area (Å²) in [4.78, 5) is 23.9.